The topological polar surface area (TPSA) is 54.3 Å². The number of hydrogen-bond donors (Lipinski definition) is 2. The van der Waals surface area contributed by atoms with Crippen molar-refractivity contribution in [1.82, 2.24) is 5.32 Å². The van der Waals surface area contributed by atoms with Crippen molar-refractivity contribution in [2.75, 3.05) is 11.9 Å². The molecule has 4 nitrogen and oxygen atoms in total. The van der Waals surface area contributed by atoms with Gasteiger partial charge in [-0.25, -0.2) is 0 Å². The average Bonchev–Trinajstić information content (AvgIpc) is 2.78. The Morgan fingerprint density at radius 1 is 1.29 bits per heavy atom. The second-order valence-corrected chi connectivity index (χ2v) is 5.46. The number of carbonyl (C=O) groups excluding carboxylic acids is 1. The highest BCUT2D eigenvalue weighted by atomic mass is 35.5. The molecule has 112 valence electrons. The molecule has 21 heavy (non-hydrogen) atoms. The number of benzene rings is 1. The zero-order valence-electron chi connectivity index (χ0n) is 12.4. The summed E-state index contributed by atoms with van der Waals surface area (Å²) >= 11 is 5.80. The predicted molar refractivity (Wildman–Crippen MR) is 84.7 cm³/mol. The number of anilines is 1. The number of furan rings is 1. The van der Waals surface area contributed by atoms with Crippen LogP contribution in [0.3, 0.4) is 0 Å². The minimum atomic E-state index is -0.0953. The molecule has 1 amide bonds. The van der Waals surface area contributed by atoms with Crippen LogP contribution in [0.1, 0.15) is 30.0 Å². The summed E-state index contributed by atoms with van der Waals surface area (Å²) in [6.45, 7) is 6.07. The maximum Gasteiger partial charge on any atom is 0.238 e. The molecule has 2 rings (SSSR count). The molecule has 1 aromatic heterocycles. The molecule has 0 aliphatic heterocycles. The molecule has 0 bridgehead atoms. The van der Waals surface area contributed by atoms with Crippen LogP contribution >= 0.6 is 11.6 Å². The Labute approximate surface area is 129 Å². The molecule has 0 saturated carbocycles. The first kappa shape index (κ1) is 15.6. The lowest BCUT2D eigenvalue weighted by molar-refractivity contribution is -0.115. The number of rotatable bonds is 5. The Bertz CT molecular complexity index is 620. The normalized spacial score (nSPS) is 12.2. The van der Waals surface area contributed by atoms with E-state index in [0.717, 1.165) is 22.8 Å². The molecule has 0 radical (unpaired) electrons. The second-order valence-electron chi connectivity index (χ2n) is 5.03. The summed E-state index contributed by atoms with van der Waals surface area (Å²) in [5.41, 5.74) is 1.81. The van der Waals surface area contributed by atoms with E-state index < -0.39 is 0 Å². The lowest BCUT2D eigenvalue weighted by Gasteiger charge is -2.13. The first-order valence-corrected chi connectivity index (χ1v) is 7.19. The van der Waals surface area contributed by atoms with Gasteiger partial charge in [0.1, 0.15) is 11.5 Å². The molecule has 0 fully saturated rings. The van der Waals surface area contributed by atoms with Crippen molar-refractivity contribution in [2.45, 2.75) is 26.8 Å². The van der Waals surface area contributed by atoms with Crippen molar-refractivity contribution in [2.24, 2.45) is 0 Å². The summed E-state index contributed by atoms with van der Waals surface area (Å²) in [7, 11) is 0. The van der Waals surface area contributed by atoms with E-state index in [4.69, 9.17) is 16.0 Å². The molecule has 0 saturated heterocycles. The quantitative estimate of drug-likeness (QED) is 0.882. The van der Waals surface area contributed by atoms with E-state index in [1.165, 1.54) is 0 Å². The summed E-state index contributed by atoms with van der Waals surface area (Å²) in [4.78, 5) is 11.9. The molecule has 5 heteroatoms. The van der Waals surface area contributed by atoms with E-state index in [-0.39, 0.29) is 18.5 Å². The van der Waals surface area contributed by atoms with E-state index in [2.05, 4.69) is 10.6 Å². The van der Waals surface area contributed by atoms with Crippen molar-refractivity contribution in [3.8, 4) is 0 Å². The van der Waals surface area contributed by atoms with E-state index in [1.54, 1.807) is 24.3 Å². The average molecular weight is 307 g/mol. The van der Waals surface area contributed by atoms with E-state index >= 15 is 0 Å². The van der Waals surface area contributed by atoms with Gasteiger partial charge in [-0.15, -0.1) is 0 Å². The third-order valence-electron chi connectivity index (χ3n) is 3.24. The van der Waals surface area contributed by atoms with Gasteiger partial charge >= 0.3 is 0 Å². The highest BCUT2D eigenvalue weighted by Crippen LogP contribution is 2.21. The number of amides is 1. The van der Waals surface area contributed by atoms with Crippen LogP contribution in [0.25, 0.3) is 0 Å². The largest absolute Gasteiger partial charge is 0.466 e. The fourth-order valence-corrected chi connectivity index (χ4v) is 2.30. The van der Waals surface area contributed by atoms with Crippen LogP contribution in [-0.4, -0.2) is 12.5 Å². The van der Waals surface area contributed by atoms with Crippen LogP contribution in [0.5, 0.6) is 0 Å². The molecule has 0 aliphatic carbocycles. The maximum atomic E-state index is 11.9. The Kier molecular flexibility index (Phi) is 5.04. The van der Waals surface area contributed by atoms with E-state index in [1.807, 2.05) is 26.8 Å². The summed E-state index contributed by atoms with van der Waals surface area (Å²) in [6.07, 6.45) is 0. The van der Waals surface area contributed by atoms with Crippen molar-refractivity contribution in [1.29, 1.82) is 0 Å². The van der Waals surface area contributed by atoms with Crippen LogP contribution < -0.4 is 10.6 Å². The summed E-state index contributed by atoms with van der Waals surface area (Å²) in [5, 5.41) is 6.64. The maximum absolute atomic E-state index is 11.9. The summed E-state index contributed by atoms with van der Waals surface area (Å²) in [5.74, 6) is 1.66. The van der Waals surface area contributed by atoms with Crippen LogP contribution in [-0.2, 0) is 4.79 Å². The fraction of sp³-hybridized carbons (Fsp3) is 0.312. The van der Waals surface area contributed by atoms with Crippen molar-refractivity contribution in [3.63, 3.8) is 0 Å². The summed E-state index contributed by atoms with van der Waals surface area (Å²) in [6, 6.07) is 9.07. The molecule has 1 atom stereocenters. The van der Waals surface area contributed by atoms with E-state index in [0.29, 0.717) is 5.02 Å². The molecule has 1 heterocycles. The Morgan fingerprint density at radius 2 is 1.95 bits per heavy atom. The third kappa shape index (κ3) is 4.34. The minimum absolute atomic E-state index is 0.0541. The molecule has 1 aromatic carbocycles. The Hall–Kier alpha value is -1.78. The first-order chi connectivity index (χ1) is 9.95. The summed E-state index contributed by atoms with van der Waals surface area (Å²) < 4.78 is 5.50. The van der Waals surface area contributed by atoms with Gasteiger partial charge in [0.05, 0.1) is 6.54 Å². The highest BCUT2D eigenvalue weighted by Gasteiger charge is 2.13. The smallest absolute Gasteiger partial charge is 0.238 e. The van der Waals surface area contributed by atoms with Gasteiger partial charge < -0.3 is 15.1 Å². The van der Waals surface area contributed by atoms with Crippen LogP contribution in [0.15, 0.2) is 34.7 Å². The van der Waals surface area contributed by atoms with Gasteiger partial charge in [0, 0.05) is 22.3 Å². The Morgan fingerprint density at radius 3 is 2.52 bits per heavy atom. The van der Waals surface area contributed by atoms with Gasteiger partial charge in [-0.1, -0.05) is 11.6 Å². The molecule has 1 unspecified atom stereocenters. The number of aryl methyl sites for hydroxylation is 2. The Balaban J connectivity index is 1.86. The van der Waals surface area contributed by atoms with Gasteiger partial charge in [-0.05, 0) is 51.1 Å². The predicted octanol–water partition coefficient (Wildman–Crippen LogP) is 3.84. The zero-order valence-corrected chi connectivity index (χ0v) is 13.1. The number of carbonyl (C=O) groups is 1. The second kappa shape index (κ2) is 6.78. The molecule has 0 aliphatic rings. The van der Waals surface area contributed by atoms with Crippen LogP contribution in [0, 0.1) is 13.8 Å². The van der Waals surface area contributed by atoms with Gasteiger partial charge in [-0.2, -0.15) is 0 Å². The molecular formula is C16H19ClN2O2. The highest BCUT2D eigenvalue weighted by molar-refractivity contribution is 6.30. The van der Waals surface area contributed by atoms with Gasteiger partial charge in [-0.3, -0.25) is 4.79 Å². The van der Waals surface area contributed by atoms with Crippen LogP contribution in [0.2, 0.25) is 5.02 Å². The lowest BCUT2D eigenvalue weighted by atomic mass is 10.1. The fourth-order valence-electron chi connectivity index (χ4n) is 2.17. The number of halogens is 1. The monoisotopic (exact) mass is 306 g/mol. The molecule has 2 N–H and O–H groups in total. The molecule has 0 spiro atoms. The molecule has 2 aromatic rings. The van der Waals surface area contributed by atoms with E-state index in [9.17, 15) is 4.79 Å². The van der Waals surface area contributed by atoms with Crippen molar-refractivity contribution >= 4 is 23.2 Å². The third-order valence-corrected chi connectivity index (χ3v) is 3.49. The van der Waals surface area contributed by atoms with Gasteiger partial charge in [0.2, 0.25) is 5.91 Å². The minimum Gasteiger partial charge on any atom is -0.466 e. The lowest BCUT2D eigenvalue weighted by Crippen LogP contribution is -2.30. The number of hydrogen-bond acceptors (Lipinski definition) is 3. The van der Waals surface area contributed by atoms with Gasteiger partial charge in [0.25, 0.3) is 0 Å². The van der Waals surface area contributed by atoms with Crippen molar-refractivity contribution in [3.05, 3.63) is 52.4 Å². The van der Waals surface area contributed by atoms with Crippen molar-refractivity contribution < 1.29 is 9.21 Å². The SMILES string of the molecule is Cc1cc(C(C)NCC(=O)Nc2ccc(Cl)cc2)c(C)o1. The standard InChI is InChI=1S/C16H19ClN2O2/c1-10-8-15(12(3)21-10)11(2)18-9-16(20)19-14-6-4-13(17)5-7-14/h4-8,11,18H,9H2,1-3H3,(H,19,20). The number of nitrogens with one attached hydrogen (secondary N) is 2. The molecular weight excluding hydrogens is 288 g/mol. The zero-order chi connectivity index (χ0) is 15.4. The first-order valence-electron chi connectivity index (χ1n) is 6.81. The van der Waals surface area contributed by atoms with Crippen LogP contribution in [0.4, 0.5) is 5.69 Å². The van der Waals surface area contributed by atoms with Gasteiger partial charge in [0.15, 0.2) is 0 Å².